The molecule has 1 aliphatic rings. The van der Waals surface area contributed by atoms with Crippen LogP contribution in [0.1, 0.15) is 25.5 Å². The van der Waals surface area contributed by atoms with Gasteiger partial charge in [0.25, 0.3) is 0 Å². The molecule has 1 N–H and O–H groups in total. The van der Waals surface area contributed by atoms with E-state index in [0.29, 0.717) is 25.5 Å². The monoisotopic (exact) mass is 394 g/mol. The Labute approximate surface area is 162 Å². The molecule has 1 saturated heterocycles. The van der Waals surface area contributed by atoms with Crippen LogP contribution in [-0.4, -0.2) is 53.2 Å². The van der Waals surface area contributed by atoms with Crippen molar-refractivity contribution in [1.29, 1.82) is 0 Å². The number of halogens is 2. The number of benzene rings is 1. The van der Waals surface area contributed by atoms with Gasteiger partial charge in [0.2, 0.25) is 0 Å². The number of hydrogen-bond acceptors (Lipinski definition) is 6. The molecule has 1 aromatic carbocycles. The molecule has 0 saturated carbocycles. The molecule has 27 heavy (non-hydrogen) atoms. The van der Waals surface area contributed by atoms with Crippen molar-refractivity contribution in [2.24, 2.45) is 0 Å². The molecule has 146 valence electrons. The maximum absolute atomic E-state index is 14.5. The molecule has 5 nitrogen and oxygen atoms in total. The summed E-state index contributed by atoms with van der Waals surface area (Å²) in [6.07, 6.45) is 1.91. The van der Waals surface area contributed by atoms with E-state index in [-0.39, 0.29) is 17.8 Å². The molecule has 1 aromatic heterocycles. The lowest BCUT2D eigenvalue weighted by molar-refractivity contribution is -0.0801. The normalized spacial score (nSPS) is 21.8. The summed E-state index contributed by atoms with van der Waals surface area (Å²) < 4.78 is 34.8. The average Bonchev–Trinajstić information content (AvgIpc) is 2.63. The van der Waals surface area contributed by atoms with Gasteiger partial charge in [-0.1, -0.05) is 6.07 Å². The fourth-order valence-electron chi connectivity index (χ4n) is 3.44. The maximum Gasteiger partial charge on any atom is 0.148 e. The van der Waals surface area contributed by atoms with Crippen LogP contribution in [0, 0.1) is 11.6 Å². The van der Waals surface area contributed by atoms with E-state index in [1.165, 1.54) is 30.0 Å². The first-order chi connectivity index (χ1) is 13.0. The molecular weight excluding hydrogens is 370 g/mol. The molecule has 1 fully saturated rings. The molecule has 2 heterocycles. The van der Waals surface area contributed by atoms with E-state index in [0.717, 1.165) is 5.03 Å². The number of rotatable bonds is 6. The van der Waals surface area contributed by atoms with Crippen molar-refractivity contribution in [3.8, 4) is 0 Å². The lowest BCUT2D eigenvalue weighted by atomic mass is 10.0. The van der Waals surface area contributed by atoms with E-state index in [2.05, 4.69) is 20.4 Å². The van der Waals surface area contributed by atoms with Crippen LogP contribution < -0.4 is 5.32 Å². The zero-order valence-electron chi connectivity index (χ0n) is 15.7. The average molecular weight is 394 g/mol. The Kier molecular flexibility index (Phi) is 6.62. The first-order valence-corrected chi connectivity index (χ1v) is 10.2. The van der Waals surface area contributed by atoms with E-state index >= 15 is 0 Å². The highest BCUT2D eigenvalue weighted by atomic mass is 32.2. The van der Waals surface area contributed by atoms with Gasteiger partial charge in [-0.05, 0) is 44.4 Å². The SMILES string of the molecule is CSc1ccc(NCC(c2c(F)cccc2F)N2CC(C)OC(C)C2)nn1. The van der Waals surface area contributed by atoms with Crippen LogP contribution >= 0.6 is 11.8 Å². The number of ether oxygens (including phenoxy) is 1. The molecular formula is C19H24F2N4OS. The van der Waals surface area contributed by atoms with Crippen molar-refractivity contribution >= 4 is 17.6 Å². The molecule has 0 bridgehead atoms. The summed E-state index contributed by atoms with van der Waals surface area (Å²) in [4.78, 5) is 2.07. The van der Waals surface area contributed by atoms with Gasteiger partial charge in [0.05, 0.1) is 18.2 Å². The third-order valence-electron chi connectivity index (χ3n) is 4.55. The van der Waals surface area contributed by atoms with Crippen molar-refractivity contribution in [3.63, 3.8) is 0 Å². The second-order valence-corrected chi connectivity index (χ2v) is 7.53. The van der Waals surface area contributed by atoms with E-state index in [1.54, 1.807) is 0 Å². The summed E-state index contributed by atoms with van der Waals surface area (Å²) in [6, 6.07) is 7.17. The summed E-state index contributed by atoms with van der Waals surface area (Å²) in [7, 11) is 0. The quantitative estimate of drug-likeness (QED) is 0.754. The number of anilines is 1. The molecule has 3 unspecified atom stereocenters. The minimum Gasteiger partial charge on any atom is -0.373 e. The Balaban J connectivity index is 1.85. The number of hydrogen-bond donors (Lipinski definition) is 1. The molecule has 1 aliphatic heterocycles. The zero-order valence-corrected chi connectivity index (χ0v) is 16.5. The first-order valence-electron chi connectivity index (χ1n) is 8.93. The van der Waals surface area contributed by atoms with Crippen LogP contribution in [0.4, 0.5) is 14.6 Å². The highest BCUT2D eigenvalue weighted by Crippen LogP contribution is 2.29. The second-order valence-electron chi connectivity index (χ2n) is 6.70. The summed E-state index contributed by atoms with van der Waals surface area (Å²) >= 11 is 1.50. The standard InChI is InChI=1S/C19H24F2N4OS/c1-12-10-25(11-13(2)26-12)16(19-14(20)5-4-6-15(19)21)9-22-17-7-8-18(27-3)24-23-17/h4-8,12-13,16H,9-11H2,1-3H3,(H,22,23). The smallest absolute Gasteiger partial charge is 0.148 e. The number of nitrogens with one attached hydrogen (secondary N) is 1. The summed E-state index contributed by atoms with van der Waals surface area (Å²) in [6.45, 7) is 5.45. The highest BCUT2D eigenvalue weighted by Gasteiger charge is 2.32. The minimum absolute atomic E-state index is 0.00765. The molecule has 0 aliphatic carbocycles. The summed E-state index contributed by atoms with van der Waals surface area (Å²) in [5.74, 6) is -0.515. The van der Waals surface area contributed by atoms with E-state index in [4.69, 9.17) is 4.74 Å². The lowest BCUT2D eigenvalue weighted by Gasteiger charge is -2.40. The van der Waals surface area contributed by atoms with Gasteiger partial charge < -0.3 is 10.1 Å². The predicted molar refractivity (Wildman–Crippen MR) is 103 cm³/mol. The molecule has 8 heteroatoms. The minimum atomic E-state index is -0.544. The topological polar surface area (TPSA) is 50.3 Å². The number of nitrogens with zero attached hydrogens (tertiary/aromatic N) is 3. The predicted octanol–water partition coefficient (Wildman–Crippen LogP) is 3.74. The fourth-order valence-corrected chi connectivity index (χ4v) is 3.77. The van der Waals surface area contributed by atoms with E-state index < -0.39 is 17.7 Å². The zero-order chi connectivity index (χ0) is 19.4. The van der Waals surface area contributed by atoms with Crippen molar-refractivity contribution in [1.82, 2.24) is 15.1 Å². The van der Waals surface area contributed by atoms with Gasteiger partial charge in [0, 0.05) is 25.2 Å². The molecule has 3 rings (SSSR count). The number of thioether (sulfide) groups is 1. The Morgan fingerprint density at radius 3 is 2.37 bits per heavy atom. The van der Waals surface area contributed by atoms with Gasteiger partial charge >= 0.3 is 0 Å². The van der Waals surface area contributed by atoms with E-state index in [9.17, 15) is 8.78 Å². The van der Waals surface area contributed by atoms with Gasteiger partial charge in [-0.3, -0.25) is 4.90 Å². The van der Waals surface area contributed by atoms with Gasteiger partial charge in [0.15, 0.2) is 0 Å². The third-order valence-corrected chi connectivity index (χ3v) is 5.18. The van der Waals surface area contributed by atoms with Crippen LogP contribution in [0.25, 0.3) is 0 Å². The van der Waals surface area contributed by atoms with Crippen LogP contribution in [-0.2, 0) is 4.74 Å². The van der Waals surface area contributed by atoms with Crippen molar-refractivity contribution < 1.29 is 13.5 Å². The molecule has 0 radical (unpaired) electrons. The number of aromatic nitrogens is 2. The molecule has 3 atom stereocenters. The van der Waals surface area contributed by atoms with Crippen LogP contribution in [0.5, 0.6) is 0 Å². The first kappa shape index (κ1) is 20.0. The highest BCUT2D eigenvalue weighted by molar-refractivity contribution is 7.98. The van der Waals surface area contributed by atoms with Crippen LogP contribution in [0.2, 0.25) is 0 Å². The van der Waals surface area contributed by atoms with Crippen LogP contribution in [0.15, 0.2) is 35.4 Å². The lowest BCUT2D eigenvalue weighted by Crippen LogP contribution is -2.48. The summed E-state index contributed by atoms with van der Waals surface area (Å²) in [5.41, 5.74) is 0.0694. The Morgan fingerprint density at radius 2 is 1.81 bits per heavy atom. The van der Waals surface area contributed by atoms with E-state index in [1.807, 2.05) is 32.2 Å². The third kappa shape index (κ3) is 4.94. The van der Waals surface area contributed by atoms with Crippen LogP contribution in [0.3, 0.4) is 0 Å². The Bertz CT molecular complexity index is 732. The maximum atomic E-state index is 14.5. The Hall–Kier alpha value is -1.77. The molecule has 0 spiro atoms. The fraction of sp³-hybridized carbons (Fsp3) is 0.474. The Morgan fingerprint density at radius 1 is 1.15 bits per heavy atom. The van der Waals surface area contributed by atoms with Crippen molar-refractivity contribution in [3.05, 3.63) is 47.5 Å². The van der Waals surface area contributed by atoms with Crippen molar-refractivity contribution in [2.45, 2.75) is 37.1 Å². The molecule has 0 amide bonds. The summed E-state index contributed by atoms with van der Waals surface area (Å²) in [5, 5.41) is 12.2. The number of morpholine rings is 1. The largest absolute Gasteiger partial charge is 0.373 e. The second kappa shape index (κ2) is 8.95. The van der Waals surface area contributed by atoms with Gasteiger partial charge in [-0.15, -0.1) is 22.0 Å². The van der Waals surface area contributed by atoms with Gasteiger partial charge in [-0.25, -0.2) is 8.78 Å². The van der Waals surface area contributed by atoms with Crippen molar-refractivity contribution in [2.75, 3.05) is 31.2 Å². The van der Waals surface area contributed by atoms with Gasteiger partial charge in [0.1, 0.15) is 22.5 Å². The van der Waals surface area contributed by atoms with Gasteiger partial charge in [-0.2, -0.15) is 0 Å². The molecule has 2 aromatic rings.